The Kier molecular flexibility index (Phi) is 5.23. The molecule has 1 fully saturated rings. The van der Waals surface area contributed by atoms with Crippen LogP contribution in [-0.4, -0.2) is 35.6 Å². The summed E-state index contributed by atoms with van der Waals surface area (Å²) in [5.74, 6) is 0.344. The van der Waals surface area contributed by atoms with E-state index in [0.717, 1.165) is 30.8 Å². The van der Waals surface area contributed by atoms with Gasteiger partial charge in [0, 0.05) is 24.5 Å². The molecule has 1 unspecified atom stereocenters. The Hall–Kier alpha value is -2.86. The minimum atomic E-state index is -0.136. The molecule has 0 radical (unpaired) electrons. The van der Waals surface area contributed by atoms with Crippen LogP contribution in [-0.2, 0) is 0 Å². The normalized spacial score (nSPS) is 16.3. The second-order valence-electron chi connectivity index (χ2n) is 6.14. The van der Waals surface area contributed by atoms with Gasteiger partial charge < -0.3 is 15.4 Å². The number of ether oxygens (including phenoxy) is 1. The molecule has 6 heteroatoms. The highest BCUT2D eigenvalue weighted by Crippen LogP contribution is 2.26. The first-order valence-corrected chi connectivity index (χ1v) is 8.39. The summed E-state index contributed by atoms with van der Waals surface area (Å²) in [7, 11) is 1.54. The maximum atomic E-state index is 12.9. The predicted octanol–water partition coefficient (Wildman–Crippen LogP) is 2.78. The molecule has 1 aliphatic heterocycles. The van der Waals surface area contributed by atoms with Crippen LogP contribution in [0.3, 0.4) is 0 Å². The van der Waals surface area contributed by atoms with Gasteiger partial charge in [-0.15, -0.1) is 0 Å². The van der Waals surface area contributed by atoms with Crippen molar-refractivity contribution in [3.8, 4) is 17.0 Å². The number of nitrogens with zero attached hydrogens (tertiary/aromatic N) is 2. The average molecular weight is 352 g/mol. The zero-order valence-electron chi connectivity index (χ0n) is 14.0. The summed E-state index contributed by atoms with van der Waals surface area (Å²) in [5, 5.41) is 6.84. The number of hydrogen-bond acceptors (Lipinski definition) is 5. The third-order valence-electron chi connectivity index (χ3n) is 4.50. The first kappa shape index (κ1) is 17.9. The molecule has 2 aromatic heterocycles. The first-order chi connectivity index (χ1) is 12.3. The van der Waals surface area contributed by atoms with Crippen LogP contribution >= 0.6 is 0 Å². The zero-order valence-corrected chi connectivity index (χ0v) is 14.0. The van der Waals surface area contributed by atoms with Gasteiger partial charge in [0.1, 0.15) is 11.2 Å². The number of methoxy groups -OCH3 is 1. The number of hydrogen-bond donors (Lipinski definition) is 2. The van der Waals surface area contributed by atoms with Crippen LogP contribution in [0.15, 0.2) is 53.5 Å². The minimum Gasteiger partial charge on any atom is -0.480 e. The topological polar surface area (TPSA) is 67.7 Å². The van der Waals surface area contributed by atoms with Crippen LogP contribution in [0.4, 0.5) is 5.69 Å². The zero-order chi connectivity index (χ0) is 17.2. The van der Waals surface area contributed by atoms with Gasteiger partial charge in [-0.3, -0.25) is 9.20 Å². The van der Waals surface area contributed by atoms with Crippen molar-refractivity contribution in [2.75, 3.05) is 25.5 Å². The van der Waals surface area contributed by atoms with E-state index >= 15 is 0 Å². The molecule has 6 nitrogen and oxygen atoms in total. The molecule has 1 atom stereocenters. The maximum absolute atomic E-state index is 12.9. The predicted molar refractivity (Wildman–Crippen MR) is 105 cm³/mol. The summed E-state index contributed by atoms with van der Waals surface area (Å²) in [4.78, 5) is 17.3. The largest absolute Gasteiger partial charge is 0.480 e. The summed E-state index contributed by atoms with van der Waals surface area (Å²) in [6.45, 7) is 2.03. The van der Waals surface area contributed by atoms with E-state index in [9.17, 15) is 4.79 Å². The lowest BCUT2D eigenvalue weighted by molar-refractivity contribution is 0.399. The molecular formula is C20H24N4O2. The van der Waals surface area contributed by atoms with Gasteiger partial charge in [0.25, 0.3) is 5.56 Å². The Labute approximate surface area is 152 Å². The van der Waals surface area contributed by atoms with Crippen molar-refractivity contribution in [3.63, 3.8) is 0 Å². The van der Waals surface area contributed by atoms with Crippen molar-refractivity contribution in [2.45, 2.75) is 19.9 Å². The third kappa shape index (κ3) is 3.28. The standard InChI is InChI=1S/C19H20N4O2.CH4/c1-25-18-17(19(24)23-11-3-2-4-16(23)22-18)13-5-7-14(8-6-13)21-15-9-10-20-12-15;/h2-8,11,15,20-21H,9-10,12H2,1H3;1H4. The van der Waals surface area contributed by atoms with Crippen LogP contribution in [0, 0.1) is 0 Å². The number of nitrogens with one attached hydrogen (secondary N) is 2. The van der Waals surface area contributed by atoms with Gasteiger partial charge in [-0.05, 0) is 42.8 Å². The lowest BCUT2D eigenvalue weighted by Crippen LogP contribution is -2.22. The molecule has 26 heavy (non-hydrogen) atoms. The van der Waals surface area contributed by atoms with Crippen molar-refractivity contribution in [2.24, 2.45) is 0 Å². The van der Waals surface area contributed by atoms with E-state index < -0.39 is 0 Å². The van der Waals surface area contributed by atoms with Gasteiger partial charge in [0.05, 0.1) is 7.11 Å². The Balaban J connectivity index is 0.00000196. The van der Waals surface area contributed by atoms with Gasteiger partial charge in [-0.25, -0.2) is 0 Å². The van der Waals surface area contributed by atoms with Crippen LogP contribution in [0.5, 0.6) is 5.88 Å². The summed E-state index contributed by atoms with van der Waals surface area (Å²) in [5.41, 5.74) is 2.75. The number of anilines is 1. The fourth-order valence-electron chi connectivity index (χ4n) is 3.21. The first-order valence-electron chi connectivity index (χ1n) is 8.39. The molecule has 0 saturated carbocycles. The summed E-state index contributed by atoms with van der Waals surface area (Å²) in [6, 6.07) is 13.7. The molecule has 136 valence electrons. The van der Waals surface area contributed by atoms with E-state index in [1.165, 1.54) is 11.5 Å². The number of aromatic nitrogens is 2. The molecule has 1 aromatic carbocycles. The lowest BCUT2D eigenvalue weighted by Gasteiger charge is -2.14. The van der Waals surface area contributed by atoms with Crippen molar-refractivity contribution in [3.05, 3.63) is 59.0 Å². The summed E-state index contributed by atoms with van der Waals surface area (Å²) >= 11 is 0. The molecule has 0 aliphatic carbocycles. The number of rotatable bonds is 4. The van der Waals surface area contributed by atoms with Gasteiger partial charge in [0.15, 0.2) is 0 Å². The SMILES string of the molecule is C.COc1nc2ccccn2c(=O)c1-c1ccc(NC2CCNC2)cc1. The molecule has 2 N–H and O–H groups in total. The van der Waals surface area contributed by atoms with Crippen molar-refractivity contribution >= 4 is 11.3 Å². The fourth-order valence-corrected chi connectivity index (χ4v) is 3.21. The van der Waals surface area contributed by atoms with Crippen molar-refractivity contribution < 1.29 is 4.74 Å². The highest BCUT2D eigenvalue weighted by molar-refractivity contribution is 5.71. The maximum Gasteiger partial charge on any atom is 0.269 e. The number of benzene rings is 1. The van der Waals surface area contributed by atoms with Crippen LogP contribution < -0.4 is 20.9 Å². The molecule has 3 heterocycles. The Morgan fingerprint density at radius 3 is 2.73 bits per heavy atom. The Bertz CT molecular complexity index is 944. The quantitative estimate of drug-likeness (QED) is 0.756. The van der Waals surface area contributed by atoms with Gasteiger partial charge >= 0.3 is 0 Å². The smallest absolute Gasteiger partial charge is 0.269 e. The fraction of sp³-hybridized carbons (Fsp3) is 0.300. The summed E-state index contributed by atoms with van der Waals surface area (Å²) in [6.07, 6.45) is 2.84. The van der Waals surface area contributed by atoms with E-state index in [0.29, 0.717) is 23.1 Å². The van der Waals surface area contributed by atoms with E-state index in [1.54, 1.807) is 12.3 Å². The molecule has 0 bridgehead atoms. The van der Waals surface area contributed by atoms with Crippen molar-refractivity contribution in [1.82, 2.24) is 14.7 Å². The molecule has 1 aliphatic rings. The molecule has 0 amide bonds. The Morgan fingerprint density at radius 1 is 1.23 bits per heavy atom. The van der Waals surface area contributed by atoms with E-state index in [-0.39, 0.29) is 13.0 Å². The van der Waals surface area contributed by atoms with Gasteiger partial charge in [-0.2, -0.15) is 4.98 Å². The lowest BCUT2D eigenvalue weighted by atomic mass is 10.1. The second-order valence-corrected chi connectivity index (χ2v) is 6.14. The molecule has 1 saturated heterocycles. The molecule has 4 rings (SSSR count). The number of fused-ring (bicyclic) bond motifs is 1. The summed E-state index contributed by atoms with van der Waals surface area (Å²) < 4.78 is 6.91. The van der Waals surface area contributed by atoms with Crippen molar-refractivity contribution in [1.29, 1.82) is 0 Å². The average Bonchev–Trinajstić information content (AvgIpc) is 3.15. The molecule has 3 aromatic rings. The number of pyridine rings is 1. The van der Waals surface area contributed by atoms with Gasteiger partial charge in [0.2, 0.25) is 5.88 Å². The minimum absolute atomic E-state index is 0. The van der Waals surface area contributed by atoms with Crippen LogP contribution in [0.1, 0.15) is 13.8 Å². The molecular weight excluding hydrogens is 328 g/mol. The van der Waals surface area contributed by atoms with Crippen LogP contribution in [0.25, 0.3) is 16.8 Å². The second kappa shape index (κ2) is 7.58. The van der Waals surface area contributed by atoms with E-state index in [4.69, 9.17) is 4.74 Å². The highest BCUT2D eigenvalue weighted by atomic mass is 16.5. The molecule has 0 spiro atoms. The van der Waals surface area contributed by atoms with E-state index in [2.05, 4.69) is 15.6 Å². The third-order valence-corrected chi connectivity index (χ3v) is 4.50. The highest BCUT2D eigenvalue weighted by Gasteiger charge is 2.16. The van der Waals surface area contributed by atoms with E-state index in [1.807, 2.05) is 36.4 Å². The monoisotopic (exact) mass is 352 g/mol. The Morgan fingerprint density at radius 2 is 2.04 bits per heavy atom. The van der Waals surface area contributed by atoms with Crippen LogP contribution in [0.2, 0.25) is 0 Å². The van der Waals surface area contributed by atoms with Gasteiger partial charge in [-0.1, -0.05) is 25.6 Å².